The molecule has 11 nitrogen and oxygen atoms in total. The first kappa shape index (κ1) is 27.9. The third kappa shape index (κ3) is 3.02. The van der Waals surface area contributed by atoms with Crippen LogP contribution in [-0.2, 0) is 33.3 Å². The summed E-state index contributed by atoms with van der Waals surface area (Å²) in [6, 6.07) is 0. The van der Waals surface area contributed by atoms with Crippen molar-refractivity contribution >= 4 is 29.7 Å². The first-order valence-corrected chi connectivity index (χ1v) is 16.7. The predicted octanol–water partition coefficient (Wildman–Crippen LogP) is 1.26. The fourth-order valence-electron chi connectivity index (χ4n) is 11.3. The van der Waals surface area contributed by atoms with Crippen LogP contribution in [0.25, 0.3) is 0 Å². The highest BCUT2D eigenvalue weighted by Gasteiger charge is 2.89. The molecule has 234 valence electrons. The van der Waals surface area contributed by atoms with Crippen molar-refractivity contribution in [2.45, 2.75) is 118 Å². The molecular weight excluding hydrogens is 578 g/mol. The van der Waals surface area contributed by atoms with Gasteiger partial charge in [-0.05, 0) is 68.8 Å². The van der Waals surface area contributed by atoms with Gasteiger partial charge in [-0.3, -0.25) is 9.79 Å². The molecule has 4 saturated carbocycles. The number of fused-ring (bicyclic) bond motifs is 6. The summed E-state index contributed by atoms with van der Waals surface area (Å²) in [5, 5.41) is 36.8. The Morgan fingerprint density at radius 2 is 1.88 bits per heavy atom. The number of carbonyl (C=O) groups is 2. The molecule has 11 unspecified atom stereocenters. The first-order valence-electron chi connectivity index (χ1n) is 15.7. The van der Waals surface area contributed by atoms with Crippen LogP contribution in [0, 0.1) is 28.6 Å². The molecule has 5 aliphatic heterocycles. The van der Waals surface area contributed by atoms with Gasteiger partial charge in [-0.25, -0.2) is 4.79 Å². The number of hydrogen-bond acceptors (Lipinski definition) is 12. The van der Waals surface area contributed by atoms with Gasteiger partial charge in [-0.2, -0.15) is 0 Å². The fourth-order valence-corrected chi connectivity index (χ4v) is 12.6. The van der Waals surface area contributed by atoms with Gasteiger partial charge in [-0.1, -0.05) is 6.92 Å². The van der Waals surface area contributed by atoms with Crippen molar-refractivity contribution < 1.29 is 48.6 Å². The van der Waals surface area contributed by atoms with E-state index in [9.17, 15) is 24.9 Å². The van der Waals surface area contributed by atoms with Gasteiger partial charge in [0.15, 0.2) is 10.7 Å². The number of esters is 1. The van der Waals surface area contributed by atoms with E-state index in [2.05, 4.69) is 6.92 Å². The summed E-state index contributed by atoms with van der Waals surface area (Å²) in [4.78, 5) is 30.1. The number of aliphatic imine (C=N–C) groups is 1. The third-order valence-electron chi connectivity index (χ3n) is 13.3. The van der Waals surface area contributed by atoms with E-state index < -0.39 is 74.8 Å². The van der Waals surface area contributed by atoms with Gasteiger partial charge in [0.05, 0.1) is 29.8 Å². The van der Waals surface area contributed by atoms with Gasteiger partial charge in [0.2, 0.25) is 6.29 Å². The quantitative estimate of drug-likeness (QED) is 0.221. The number of rotatable bonds is 1. The normalized spacial score (nSPS) is 61.2. The Morgan fingerprint density at radius 1 is 1.07 bits per heavy atom. The van der Waals surface area contributed by atoms with E-state index in [1.165, 1.54) is 17.8 Å². The molecule has 12 heteroatoms. The minimum Gasteiger partial charge on any atom is -0.458 e. The summed E-state index contributed by atoms with van der Waals surface area (Å²) >= 11 is 1.53. The van der Waals surface area contributed by atoms with Gasteiger partial charge in [0.25, 0.3) is 5.79 Å². The van der Waals surface area contributed by atoms with Crippen LogP contribution in [0.2, 0.25) is 0 Å². The standard InChI is InChI=1S/C31H39NO10S/c1-14-11-29(32-6-7-43-29)31(37)25(39-14)40-18-9-16-10-20-30(42-20)23(26(16,2)12-19(18)41-31)22(34)24(35)27(3)17(4-5-28(27,30)36)15-8-21(33)38-13-15/h6,8,14,16-20,22-23,25,34,36-37H,4-5,7,9-13H2,1-3H3/t14?,16?,17?,18?,19?,20?,22?,23?,25?,26-,27-,28+,29?,30?,31+/m0/s1. The van der Waals surface area contributed by atoms with E-state index in [0.29, 0.717) is 49.9 Å². The van der Waals surface area contributed by atoms with Crippen molar-refractivity contribution in [3.63, 3.8) is 0 Å². The van der Waals surface area contributed by atoms with Crippen LogP contribution in [0.15, 0.2) is 16.6 Å². The highest BCUT2D eigenvalue weighted by atomic mass is 32.2. The number of aliphatic hydroxyl groups is 3. The average Bonchev–Trinajstić information content (AvgIpc) is 3.21. The number of Topliss-reactive ketones (excluding diaryl/α,β-unsaturated/α-hetero) is 1. The van der Waals surface area contributed by atoms with E-state index in [4.69, 9.17) is 28.7 Å². The molecule has 0 aromatic rings. The Balaban J connectivity index is 1.08. The molecule has 0 aromatic carbocycles. The number of nitrogens with zero attached hydrogens (tertiary/aromatic N) is 1. The molecule has 2 spiro atoms. The molecule has 0 amide bonds. The maximum Gasteiger partial charge on any atom is 0.331 e. The van der Waals surface area contributed by atoms with Crippen molar-refractivity contribution in [2.75, 3.05) is 12.4 Å². The van der Waals surface area contributed by atoms with E-state index in [1.54, 1.807) is 13.1 Å². The molecule has 3 N–H and O–H groups in total. The molecule has 0 aromatic heterocycles. The summed E-state index contributed by atoms with van der Waals surface area (Å²) < 4.78 is 31.0. The molecule has 43 heavy (non-hydrogen) atoms. The monoisotopic (exact) mass is 617 g/mol. The SMILES string of the molecule is CC1CC2(N=CCS2)[C@]2(O)OC3C[C@@]4(C)C(CC3OC2O1)CC1OC12C4C(O)C(=O)[C@]1(C)C(C3=CC(=O)OC3)CC[C@]21O. The van der Waals surface area contributed by atoms with Crippen molar-refractivity contribution in [3.05, 3.63) is 11.6 Å². The van der Waals surface area contributed by atoms with Gasteiger partial charge >= 0.3 is 5.97 Å². The zero-order valence-electron chi connectivity index (χ0n) is 24.6. The minimum atomic E-state index is -1.79. The minimum absolute atomic E-state index is 0.0270. The summed E-state index contributed by atoms with van der Waals surface area (Å²) in [5.41, 5.74) is -3.91. The van der Waals surface area contributed by atoms with Crippen molar-refractivity contribution in [1.29, 1.82) is 0 Å². The molecule has 5 heterocycles. The molecule has 0 radical (unpaired) electrons. The number of aliphatic hydroxyl groups excluding tert-OH is 1. The number of ether oxygens (including phenoxy) is 5. The topological polar surface area (TPSA) is 157 Å². The lowest BCUT2D eigenvalue weighted by Gasteiger charge is -2.65. The van der Waals surface area contributed by atoms with Crippen LogP contribution in [-0.4, -0.2) is 104 Å². The Labute approximate surface area is 253 Å². The van der Waals surface area contributed by atoms with Crippen LogP contribution in [0.1, 0.15) is 59.3 Å². The molecule has 4 aliphatic carbocycles. The Kier molecular flexibility index (Phi) is 5.39. The van der Waals surface area contributed by atoms with Crippen LogP contribution in [0.4, 0.5) is 0 Å². The summed E-state index contributed by atoms with van der Waals surface area (Å²) in [7, 11) is 0. The average molecular weight is 618 g/mol. The van der Waals surface area contributed by atoms with Crippen molar-refractivity contribution in [1.82, 2.24) is 0 Å². The zero-order chi connectivity index (χ0) is 29.9. The van der Waals surface area contributed by atoms with Gasteiger partial charge in [0.1, 0.15) is 23.9 Å². The second-order valence-electron chi connectivity index (χ2n) is 15.0. The second kappa shape index (κ2) is 8.31. The number of hydrogen-bond donors (Lipinski definition) is 3. The number of cyclic esters (lactones) is 1. The first-order chi connectivity index (χ1) is 20.3. The highest BCUT2D eigenvalue weighted by Crippen LogP contribution is 2.77. The largest absolute Gasteiger partial charge is 0.458 e. The lowest BCUT2D eigenvalue weighted by molar-refractivity contribution is -0.446. The third-order valence-corrected chi connectivity index (χ3v) is 14.6. The maximum atomic E-state index is 14.4. The summed E-state index contributed by atoms with van der Waals surface area (Å²) in [6.45, 7) is 5.87. The molecule has 9 aliphatic rings. The van der Waals surface area contributed by atoms with Gasteiger partial charge in [0, 0.05) is 30.4 Å². The van der Waals surface area contributed by atoms with Gasteiger partial charge in [-0.15, -0.1) is 11.8 Å². The van der Waals surface area contributed by atoms with E-state index in [1.807, 2.05) is 6.92 Å². The van der Waals surface area contributed by atoms with E-state index in [0.717, 1.165) is 0 Å². The van der Waals surface area contributed by atoms with E-state index >= 15 is 0 Å². The molecule has 7 fully saturated rings. The molecule has 15 atom stereocenters. The summed E-state index contributed by atoms with van der Waals surface area (Å²) in [5.74, 6) is -3.06. The maximum absolute atomic E-state index is 14.4. The molecule has 0 bridgehead atoms. The number of thioether (sulfide) groups is 1. The zero-order valence-corrected chi connectivity index (χ0v) is 25.4. The van der Waals surface area contributed by atoms with Crippen LogP contribution in [0.3, 0.4) is 0 Å². The highest BCUT2D eigenvalue weighted by molar-refractivity contribution is 8.01. The molecule has 9 rings (SSSR count). The lowest BCUT2D eigenvalue weighted by atomic mass is 9.41. The summed E-state index contributed by atoms with van der Waals surface area (Å²) in [6.07, 6.45) is 2.48. The van der Waals surface area contributed by atoms with Gasteiger partial charge < -0.3 is 39.0 Å². The van der Waals surface area contributed by atoms with Crippen LogP contribution < -0.4 is 0 Å². The molecular formula is C31H39NO10S. The Bertz CT molecular complexity index is 1390. The lowest BCUT2D eigenvalue weighted by Crippen LogP contribution is -2.77. The van der Waals surface area contributed by atoms with Crippen LogP contribution >= 0.6 is 11.8 Å². The second-order valence-corrected chi connectivity index (χ2v) is 16.3. The molecule has 3 saturated heterocycles. The Hall–Kier alpha value is -1.38. The number of carbonyl (C=O) groups excluding carboxylic acids is 2. The predicted molar refractivity (Wildman–Crippen MR) is 150 cm³/mol. The van der Waals surface area contributed by atoms with E-state index in [-0.39, 0.29) is 30.8 Å². The fraction of sp³-hybridized carbons (Fsp3) is 0.839. The number of ketones is 1. The van der Waals surface area contributed by atoms with Crippen molar-refractivity contribution in [3.8, 4) is 0 Å². The van der Waals surface area contributed by atoms with Crippen molar-refractivity contribution in [2.24, 2.45) is 33.6 Å². The number of epoxide rings is 1. The Morgan fingerprint density at radius 3 is 2.60 bits per heavy atom. The smallest absolute Gasteiger partial charge is 0.331 e. The van der Waals surface area contributed by atoms with Crippen LogP contribution in [0.5, 0.6) is 0 Å².